The standard InChI is InChI=1S/C16H19ClN6/c1-11-15(16(17)21(2)20-11)13-4-3-6-22(13)10-12-8-19-14-9-18-5-7-23(12)14/h5,7-9,13H,3-4,6,10H2,1-2H3. The highest BCUT2D eigenvalue weighted by Gasteiger charge is 2.31. The Bertz CT molecular complexity index is 851. The van der Waals surface area contributed by atoms with Crippen molar-refractivity contribution in [3.05, 3.63) is 46.9 Å². The fourth-order valence-electron chi connectivity index (χ4n) is 3.59. The Hall–Kier alpha value is -1.92. The maximum Gasteiger partial charge on any atom is 0.155 e. The molecule has 0 bridgehead atoms. The monoisotopic (exact) mass is 330 g/mol. The molecule has 7 heteroatoms. The van der Waals surface area contributed by atoms with E-state index in [-0.39, 0.29) is 0 Å². The second kappa shape index (κ2) is 5.62. The third-order valence-electron chi connectivity index (χ3n) is 4.65. The van der Waals surface area contributed by atoms with Gasteiger partial charge in [-0.3, -0.25) is 19.0 Å². The van der Waals surface area contributed by atoms with E-state index in [1.807, 2.05) is 26.4 Å². The fraction of sp³-hybridized carbons (Fsp3) is 0.438. The van der Waals surface area contributed by atoms with Gasteiger partial charge in [0.2, 0.25) is 0 Å². The molecule has 0 aliphatic carbocycles. The first-order valence-corrected chi connectivity index (χ1v) is 8.22. The third-order valence-corrected chi connectivity index (χ3v) is 5.10. The first-order chi connectivity index (χ1) is 11.1. The number of fused-ring (bicyclic) bond motifs is 1. The molecule has 4 heterocycles. The van der Waals surface area contributed by atoms with Crippen molar-refractivity contribution in [3.63, 3.8) is 0 Å². The highest BCUT2D eigenvalue weighted by molar-refractivity contribution is 6.30. The maximum atomic E-state index is 6.48. The molecule has 1 aliphatic heterocycles. The number of aryl methyl sites for hydroxylation is 2. The van der Waals surface area contributed by atoms with Crippen molar-refractivity contribution in [2.45, 2.75) is 32.4 Å². The minimum absolute atomic E-state index is 0.323. The molecule has 0 N–H and O–H groups in total. The van der Waals surface area contributed by atoms with Crippen LogP contribution in [-0.4, -0.2) is 35.6 Å². The van der Waals surface area contributed by atoms with Crippen LogP contribution >= 0.6 is 11.6 Å². The summed E-state index contributed by atoms with van der Waals surface area (Å²) in [6, 6.07) is 0.323. The molecule has 120 valence electrons. The Morgan fingerprint density at radius 1 is 1.35 bits per heavy atom. The number of nitrogens with zero attached hydrogens (tertiary/aromatic N) is 6. The number of aromatic nitrogens is 5. The molecule has 1 atom stereocenters. The van der Waals surface area contributed by atoms with Crippen molar-refractivity contribution >= 4 is 17.2 Å². The molecule has 0 amide bonds. The smallest absolute Gasteiger partial charge is 0.155 e. The van der Waals surface area contributed by atoms with Crippen LogP contribution in [0.1, 0.15) is 35.8 Å². The summed E-state index contributed by atoms with van der Waals surface area (Å²) >= 11 is 6.48. The molecule has 6 nitrogen and oxygen atoms in total. The second-order valence-electron chi connectivity index (χ2n) is 6.10. The zero-order valence-electron chi connectivity index (χ0n) is 13.3. The SMILES string of the molecule is Cc1nn(C)c(Cl)c1C1CCCN1Cc1cnc2cnccn12. The molecule has 3 aromatic heterocycles. The average molecular weight is 331 g/mol. The van der Waals surface area contributed by atoms with Gasteiger partial charge < -0.3 is 0 Å². The average Bonchev–Trinajstić information content (AvgIpc) is 3.21. The highest BCUT2D eigenvalue weighted by Crippen LogP contribution is 2.38. The number of hydrogen-bond acceptors (Lipinski definition) is 4. The van der Waals surface area contributed by atoms with Gasteiger partial charge in [0.05, 0.1) is 23.8 Å². The van der Waals surface area contributed by atoms with Gasteiger partial charge >= 0.3 is 0 Å². The molecule has 1 unspecified atom stereocenters. The van der Waals surface area contributed by atoms with Crippen LogP contribution in [0.25, 0.3) is 5.65 Å². The Labute approximate surface area is 139 Å². The van der Waals surface area contributed by atoms with Gasteiger partial charge in [-0.15, -0.1) is 0 Å². The molecular weight excluding hydrogens is 312 g/mol. The van der Waals surface area contributed by atoms with Crippen LogP contribution in [-0.2, 0) is 13.6 Å². The summed E-state index contributed by atoms with van der Waals surface area (Å²) in [5, 5.41) is 5.22. The van der Waals surface area contributed by atoms with Crippen LogP contribution in [0.15, 0.2) is 24.8 Å². The van der Waals surface area contributed by atoms with Crippen molar-refractivity contribution in [3.8, 4) is 0 Å². The lowest BCUT2D eigenvalue weighted by Crippen LogP contribution is -2.24. The third kappa shape index (κ3) is 2.42. The first-order valence-electron chi connectivity index (χ1n) is 7.84. The first kappa shape index (κ1) is 14.7. The van der Waals surface area contributed by atoms with Crippen LogP contribution in [0.2, 0.25) is 5.15 Å². The summed E-state index contributed by atoms with van der Waals surface area (Å²) in [6.07, 6.45) is 9.77. The molecule has 1 fully saturated rings. The van der Waals surface area contributed by atoms with Gasteiger partial charge in [0, 0.05) is 37.6 Å². The second-order valence-corrected chi connectivity index (χ2v) is 6.45. The quantitative estimate of drug-likeness (QED) is 0.741. The summed E-state index contributed by atoms with van der Waals surface area (Å²) < 4.78 is 3.86. The molecular formula is C16H19ClN6. The van der Waals surface area contributed by atoms with E-state index in [1.165, 1.54) is 17.7 Å². The van der Waals surface area contributed by atoms with E-state index in [0.29, 0.717) is 6.04 Å². The van der Waals surface area contributed by atoms with E-state index >= 15 is 0 Å². The topological polar surface area (TPSA) is 51.2 Å². The van der Waals surface area contributed by atoms with Gasteiger partial charge in [-0.05, 0) is 26.3 Å². The predicted molar refractivity (Wildman–Crippen MR) is 88.3 cm³/mol. The van der Waals surface area contributed by atoms with Crippen molar-refractivity contribution in [2.75, 3.05) is 6.54 Å². The molecule has 0 aromatic carbocycles. The minimum Gasteiger partial charge on any atom is -0.300 e. The van der Waals surface area contributed by atoms with Crippen molar-refractivity contribution in [1.29, 1.82) is 0 Å². The van der Waals surface area contributed by atoms with E-state index in [1.54, 1.807) is 17.1 Å². The summed E-state index contributed by atoms with van der Waals surface area (Å²) in [7, 11) is 1.90. The molecule has 4 rings (SSSR count). The zero-order valence-corrected chi connectivity index (χ0v) is 14.0. The molecule has 0 radical (unpaired) electrons. The lowest BCUT2D eigenvalue weighted by Gasteiger charge is -2.24. The van der Waals surface area contributed by atoms with Crippen molar-refractivity contribution in [1.82, 2.24) is 29.0 Å². The minimum atomic E-state index is 0.323. The molecule has 1 aliphatic rings. The molecule has 0 saturated carbocycles. The Balaban J connectivity index is 1.66. The normalized spacial score (nSPS) is 19.0. The number of likely N-dealkylation sites (tertiary alicyclic amines) is 1. The zero-order chi connectivity index (χ0) is 16.0. The predicted octanol–water partition coefficient (Wildman–Crippen LogP) is 2.76. The van der Waals surface area contributed by atoms with Gasteiger partial charge in [-0.1, -0.05) is 11.6 Å². The largest absolute Gasteiger partial charge is 0.300 e. The number of halogens is 1. The van der Waals surface area contributed by atoms with Crippen molar-refractivity contribution in [2.24, 2.45) is 7.05 Å². The Kier molecular flexibility index (Phi) is 3.58. The van der Waals surface area contributed by atoms with E-state index in [4.69, 9.17) is 11.6 Å². The lowest BCUT2D eigenvalue weighted by atomic mass is 10.1. The van der Waals surface area contributed by atoms with Gasteiger partial charge in [-0.25, -0.2) is 4.98 Å². The Morgan fingerprint density at radius 3 is 3.00 bits per heavy atom. The van der Waals surface area contributed by atoms with Gasteiger partial charge in [-0.2, -0.15) is 5.10 Å². The maximum absolute atomic E-state index is 6.48. The van der Waals surface area contributed by atoms with Gasteiger partial charge in [0.15, 0.2) is 5.65 Å². The Morgan fingerprint density at radius 2 is 2.22 bits per heavy atom. The summed E-state index contributed by atoms with van der Waals surface area (Å²) in [5.41, 5.74) is 4.25. The number of imidazole rings is 1. The van der Waals surface area contributed by atoms with Gasteiger partial charge in [0.25, 0.3) is 0 Å². The van der Waals surface area contributed by atoms with Crippen LogP contribution in [0.5, 0.6) is 0 Å². The fourth-order valence-corrected chi connectivity index (χ4v) is 3.89. The van der Waals surface area contributed by atoms with E-state index < -0.39 is 0 Å². The van der Waals surface area contributed by atoms with E-state index in [2.05, 4.69) is 24.4 Å². The summed E-state index contributed by atoms with van der Waals surface area (Å²) in [4.78, 5) is 11.0. The van der Waals surface area contributed by atoms with Crippen LogP contribution < -0.4 is 0 Å². The van der Waals surface area contributed by atoms with E-state index in [0.717, 1.165) is 36.0 Å². The van der Waals surface area contributed by atoms with Crippen LogP contribution in [0.3, 0.4) is 0 Å². The van der Waals surface area contributed by atoms with Crippen LogP contribution in [0.4, 0.5) is 0 Å². The lowest BCUT2D eigenvalue weighted by molar-refractivity contribution is 0.244. The highest BCUT2D eigenvalue weighted by atomic mass is 35.5. The molecule has 0 spiro atoms. The van der Waals surface area contributed by atoms with Crippen LogP contribution in [0, 0.1) is 6.92 Å². The summed E-state index contributed by atoms with van der Waals surface area (Å²) in [5.74, 6) is 0. The molecule has 3 aromatic rings. The summed E-state index contributed by atoms with van der Waals surface area (Å²) in [6.45, 7) is 3.95. The molecule has 1 saturated heterocycles. The van der Waals surface area contributed by atoms with Crippen molar-refractivity contribution < 1.29 is 0 Å². The van der Waals surface area contributed by atoms with Gasteiger partial charge in [0.1, 0.15) is 5.15 Å². The number of rotatable bonds is 3. The molecule has 23 heavy (non-hydrogen) atoms. The van der Waals surface area contributed by atoms with E-state index in [9.17, 15) is 0 Å². The number of hydrogen-bond donors (Lipinski definition) is 0.